The molecule has 0 fully saturated rings. The van der Waals surface area contributed by atoms with Crippen LogP contribution in [0.2, 0.25) is 0 Å². The molecule has 0 bridgehead atoms. The molecule has 0 atom stereocenters. The van der Waals surface area contributed by atoms with E-state index in [0.717, 1.165) is 0 Å². The van der Waals surface area contributed by atoms with Crippen LogP contribution in [0.3, 0.4) is 0 Å². The van der Waals surface area contributed by atoms with Crippen molar-refractivity contribution >= 4 is 7.85 Å². The molecule has 30 valence electrons. The van der Waals surface area contributed by atoms with E-state index < -0.39 is 5.56 Å². The van der Waals surface area contributed by atoms with Gasteiger partial charge in [-0.15, -0.1) is 0 Å². The maximum absolute atomic E-state index is 5.13. The Labute approximate surface area is 32.9 Å². The summed E-state index contributed by atoms with van der Waals surface area (Å²) < 4.78 is 0. The van der Waals surface area contributed by atoms with Crippen molar-refractivity contribution in [3.8, 4) is 0 Å². The van der Waals surface area contributed by atoms with Crippen LogP contribution in [0.5, 0.6) is 0 Å². The lowest BCUT2D eigenvalue weighted by atomic mass is 9.92. The number of hydrogen-bond donors (Lipinski definition) is 2. The summed E-state index contributed by atoms with van der Waals surface area (Å²) in [6, 6.07) is 0. The van der Waals surface area contributed by atoms with Crippen molar-refractivity contribution in [2.75, 3.05) is 0 Å². The molecule has 0 amide bonds. The molecule has 0 spiro atoms. The van der Waals surface area contributed by atoms with Crippen LogP contribution in [0.25, 0.3) is 0 Å². The fraction of sp³-hybridized carbons (Fsp3) is 1.00. The first-order valence-electron chi connectivity index (χ1n) is 1.58. The van der Waals surface area contributed by atoms with E-state index >= 15 is 0 Å². The van der Waals surface area contributed by atoms with E-state index in [2.05, 4.69) is 0 Å². The molecule has 0 aliphatic heterocycles. The van der Waals surface area contributed by atoms with Gasteiger partial charge in [-0.3, -0.25) is 0 Å². The quantitative estimate of drug-likeness (QED) is 0.262. The van der Waals surface area contributed by atoms with Gasteiger partial charge in [-0.1, -0.05) is 0 Å². The Balaban J connectivity index is 3.02. The van der Waals surface area contributed by atoms with E-state index in [0.29, 0.717) is 0 Å². The minimum atomic E-state index is -0.500. The number of hydrogen-bond acceptors (Lipinski definition) is 2. The highest BCUT2D eigenvalue weighted by Gasteiger charge is 1.96. The zero-order valence-corrected chi connectivity index (χ0v) is 3.65. The van der Waals surface area contributed by atoms with Gasteiger partial charge in [0.2, 0.25) is 0 Å². The molecule has 0 aliphatic carbocycles. The van der Waals surface area contributed by atoms with Crippen molar-refractivity contribution in [3.63, 3.8) is 0 Å². The van der Waals surface area contributed by atoms with Crippen molar-refractivity contribution in [2.24, 2.45) is 11.5 Å². The minimum absolute atomic E-state index is 0.500. The van der Waals surface area contributed by atoms with Gasteiger partial charge in [0.05, 0.1) is 0 Å². The van der Waals surface area contributed by atoms with E-state index in [4.69, 9.17) is 11.5 Å². The van der Waals surface area contributed by atoms with Gasteiger partial charge in [-0.05, 0) is 6.92 Å². The molecule has 3 heteroatoms. The van der Waals surface area contributed by atoms with Crippen molar-refractivity contribution in [3.05, 3.63) is 0 Å². The zero-order chi connectivity index (χ0) is 4.50. The van der Waals surface area contributed by atoms with Gasteiger partial charge in [0.25, 0.3) is 0 Å². The van der Waals surface area contributed by atoms with E-state index in [-0.39, 0.29) is 0 Å². The Hall–Kier alpha value is -0.0151. The lowest BCUT2D eigenvalue weighted by Gasteiger charge is -2.07. The normalized spacial score (nSPS) is 11.8. The largest absolute Gasteiger partial charge is 0.321 e. The molecule has 0 radical (unpaired) electrons. The van der Waals surface area contributed by atoms with Crippen LogP contribution in [-0.2, 0) is 0 Å². The molecule has 0 unspecified atom stereocenters. The second kappa shape index (κ2) is 0.991. The second-order valence-electron chi connectivity index (χ2n) is 1.82. The molecule has 0 aromatic rings. The molecule has 5 heavy (non-hydrogen) atoms. The summed E-state index contributed by atoms with van der Waals surface area (Å²) in [6.07, 6.45) is 0. The molecule has 0 aliphatic rings. The molecule has 4 N–H and O–H groups in total. The third-order valence-corrected chi connectivity index (χ3v) is 0. The van der Waals surface area contributed by atoms with Crippen LogP contribution >= 0.6 is 0 Å². The topological polar surface area (TPSA) is 52.0 Å². The fourth-order valence-electron chi connectivity index (χ4n) is 0. The van der Waals surface area contributed by atoms with Crippen molar-refractivity contribution < 1.29 is 0 Å². The van der Waals surface area contributed by atoms with Gasteiger partial charge >= 0.3 is 0 Å². The van der Waals surface area contributed by atoms with Crippen LogP contribution < -0.4 is 11.5 Å². The van der Waals surface area contributed by atoms with Crippen LogP contribution in [0.1, 0.15) is 6.92 Å². The third-order valence-electron chi connectivity index (χ3n) is 0. The fourth-order valence-corrected chi connectivity index (χ4v) is 0. The molecular weight excluding hydrogens is 62.8 g/mol. The monoisotopic (exact) mass is 72.1 g/mol. The Bertz CT molecular complexity index is 23.1. The minimum Gasteiger partial charge on any atom is -0.321 e. The van der Waals surface area contributed by atoms with E-state index in [9.17, 15) is 0 Å². The Morgan fingerprint density at radius 1 is 1.60 bits per heavy atom. The molecule has 0 heterocycles. The van der Waals surface area contributed by atoms with Gasteiger partial charge in [-0.2, -0.15) is 0 Å². The van der Waals surface area contributed by atoms with Crippen LogP contribution in [0, 0.1) is 0 Å². The molecule has 0 saturated heterocycles. The summed E-state index contributed by atoms with van der Waals surface area (Å²) in [7, 11) is 1.74. The molecule has 2 nitrogen and oxygen atoms in total. The Morgan fingerprint density at radius 2 is 1.60 bits per heavy atom. The maximum atomic E-state index is 5.13. The highest BCUT2D eigenvalue weighted by Crippen LogP contribution is 1.68. The molecule has 0 rings (SSSR count). The predicted molar refractivity (Wildman–Crippen MR) is 25.3 cm³/mol. The SMILES string of the molecule is BC(C)(N)N. The van der Waals surface area contributed by atoms with E-state index in [1.165, 1.54) is 0 Å². The standard InChI is InChI=1S/C2H9BN2/c1-2(3,4)5/h3-5H2,1H3. The Kier molecular flexibility index (Phi) is 0.988. The number of rotatable bonds is 0. The lowest BCUT2D eigenvalue weighted by Crippen LogP contribution is -2.46. The van der Waals surface area contributed by atoms with Gasteiger partial charge in [0.15, 0.2) is 0 Å². The summed E-state index contributed by atoms with van der Waals surface area (Å²) in [4.78, 5) is 0. The van der Waals surface area contributed by atoms with Crippen LogP contribution in [0.15, 0.2) is 0 Å². The van der Waals surface area contributed by atoms with Crippen molar-refractivity contribution in [1.82, 2.24) is 0 Å². The first-order valence-corrected chi connectivity index (χ1v) is 1.58. The summed E-state index contributed by atoms with van der Waals surface area (Å²) in [5, 5.41) is 0. The smallest absolute Gasteiger partial charge is 0.145 e. The van der Waals surface area contributed by atoms with Gasteiger partial charge < -0.3 is 11.5 Å². The second-order valence-corrected chi connectivity index (χ2v) is 1.82. The summed E-state index contributed by atoms with van der Waals surface area (Å²) >= 11 is 0. The van der Waals surface area contributed by atoms with E-state index in [1.807, 2.05) is 0 Å². The molecular formula is C2H9BN2. The average molecular weight is 71.9 g/mol. The zero-order valence-electron chi connectivity index (χ0n) is 3.65. The van der Waals surface area contributed by atoms with Gasteiger partial charge in [-0.25, -0.2) is 0 Å². The predicted octanol–water partition coefficient (Wildman–Crippen LogP) is -1.79. The summed E-state index contributed by atoms with van der Waals surface area (Å²) in [6.45, 7) is 1.74. The third kappa shape index (κ3) is 69200. The molecule has 0 aromatic heterocycles. The van der Waals surface area contributed by atoms with Crippen LogP contribution in [-0.4, -0.2) is 13.4 Å². The van der Waals surface area contributed by atoms with Crippen molar-refractivity contribution in [2.45, 2.75) is 12.5 Å². The highest BCUT2D eigenvalue weighted by atomic mass is 14.9. The van der Waals surface area contributed by atoms with Crippen molar-refractivity contribution in [1.29, 1.82) is 0 Å². The first-order chi connectivity index (χ1) is 2.00. The Morgan fingerprint density at radius 3 is 1.60 bits per heavy atom. The van der Waals surface area contributed by atoms with Crippen LogP contribution in [0.4, 0.5) is 0 Å². The average Bonchev–Trinajstić information content (AvgIpc) is 0.722. The molecule has 0 saturated carbocycles. The first kappa shape index (κ1) is 4.98. The molecule has 0 aromatic carbocycles. The highest BCUT2D eigenvalue weighted by molar-refractivity contribution is 6.14. The number of nitrogens with two attached hydrogens (primary N) is 2. The summed E-state index contributed by atoms with van der Waals surface area (Å²) in [5.74, 6) is 0. The van der Waals surface area contributed by atoms with Gasteiger partial charge in [0, 0.05) is 5.56 Å². The maximum Gasteiger partial charge on any atom is 0.145 e. The lowest BCUT2D eigenvalue weighted by molar-refractivity contribution is 0.700. The summed E-state index contributed by atoms with van der Waals surface area (Å²) in [5.41, 5.74) is 9.76. The van der Waals surface area contributed by atoms with E-state index in [1.54, 1.807) is 14.8 Å². The van der Waals surface area contributed by atoms with Gasteiger partial charge in [0.1, 0.15) is 7.85 Å².